The smallest absolute Gasteiger partial charge is 0.317 e. The van der Waals surface area contributed by atoms with Crippen LogP contribution in [-0.2, 0) is 6.42 Å². The quantitative estimate of drug-likeness (QED) is 0.565. The number of carbonyl (C=O) groups is 1. The molecule has 1 N–H and O–H groups in total. The van der Waals surface area contributed by atoms with E-state index in [2.05, 4.69) is 10.2 Å². The molecule has 1 aromatic carbocycles. The molecule has 1 saturated carbocycles. The number of piperazine rings is 1. The molecule has 1 aliphatic heterocycles. The van der Waals surface area contributed by atoms with Crippen LogP contribution < -0.4 is 10.2 Å². The topological polar surface area (TPSA) is 104 Å². The van der Waals surface area contributed by atoms with E-state index in [0.29, 0.717) is 45.1 Å². The van der Waals surface area contributed by atoms with Gasteiger partial charge in [-0.3, -0.25) is 10.1 Å². The Hall–Kier alpha value is -3.23. The number of aryl methyl sites for hydroxylation is 1. The van der Waals surface area contributed by atoms with Gasteiger partial charge < -0.3 is 15.1 Å². The van der Waals surface area contributed by atoms with Crippen LogP contribution in [0.15, 0.2) is 24.3 Å². The van der Waals surface area contributed by atoms with E-state index in [-0.39, 0.29) is 16.6 Å². The zero-order valence-corrected chi connectivity index (χ0v) is 18.0. The highest BCUT2D eigenvalue weighted by molar-refractivity contribution is 5.74. The van der Waals surface area contributed by atoms with E-state index in [1.807, 2.05) is 18.7 Å². The second-order valence-corrected chi connectivity index (χ2v) is 8.15. The van der Waals surface area contributed by atoms with Gasteiger partial charge in [0.25, 0.3) is 5.69 Å². The van der Waals surface area contributed by atoms with Crippen LogP contribution in [0, 0.1) is 17.0 Å². The Morgan fingerprint density at radius 3 is 2.42 bits per heavy atom. The number of hydrogen-bond donors (Lipinski definition) is 1. The third-order valence-electron chi connectivity index (χ3n) is 5.87. The van der Waals surface area contributed by atoms with Gasteiger partial charge >= 0.3 is 6.03 Å². The number of nitro groups is 1. The molecule has 1 aliphatic carbocycles. The summed E-state index contributed by atoms with van der Waals surface area (Å²) in [4.78, 5) is 36.5. The van der Waals surface area contributed by atoms with Crippen molar-refractivity contribution in [3.05, 3.63) is 57.0 Å². The third-order valence-corrected chi connectivity index (χ3v) is 5.87. The molecule has 2 heterocycles. The minimum atomic E-state index is -0.387. The summed E-state index contributed by atoms with van der Waals surface area (Å²) in [7, 11) is 0. The summed E-state index contributed by atoms with van der Waals surface area (Å²) >= 11 is 0. The van der Waals surface area contributed by atoms with Gasteiger partial charge in [-0.1, -0.05) is 12.1 Å². The summed E-state index contributed by atoms with van der Waals surface area (Å²) in [6.45, 7) is 7.27. The number of non-ortho nitro benzene ring substituents is 1. The molecule has 164 valence electrons. The highest BCUT2D eigenvalue weighted by Gasteiger charge is 2.30. The Balaban J connectivity index is 1.58. The van der Waals surface area contributed by atoms with E-state index in [4.69, 9.17) is 9.97 Å². The Bertz CT molecular complexity index is 966. The molecule has 2 fully saturated rings. The molecule has 9 heteroatoms. The molecule has 4 rings (SSSR count). The zero-order chi connectivity index (χ0) is 22.0. The molecule has 1 aromatic heterocycles. The van der Waals surface area contributed by atoms with Crippen molar-refractivity contribution >= 4 is 17.5 Å². The first kappa shape index (κ1) is 21.0. The maximum Gasteiger partial charge on any atom is 0.317 e. The van der Waals surface area contributed by atoms with Crippen LogP contribution in [0.3, 0.4) is 0 Å². The minimum absolute atomic E-state index is 0.0224. The average molecular weight is 425 g/mol. The van der Waals surface area contributed by atoms with Crippen molar-refractivity contribution in [3.8, 4) is 0 Å². The Morgan fingerprint density at radius 1 is 1.16 bits per heavy atom. The summed E-state index contributed by atoms with van der Waals surface area (Å²) in [5, 5.41) is 13.8. The molecule has 2 amide bonds. The van der Waals surface area contributed by atoms with Crippen molar-refractivity contribution in [1.82, 2.24) is 20.2 Å². The van der Waals surface area contributed by atoms with Crippen molar-refractivity contribution < 1.29 is 9.72 Å². The van der Waals surface area contributed by atoms with Gasteiger partial charge in [0.15, 0.2) is 0 Å². The summed E-state index contributed by atoms with van der Waals surface area (Å²) in [5.41, 5.74) is 3.07. The molecule has 1 saturated heterocycles. The number of carbonyl (C=O) groups excluding carboxylic acids is 1. The fourth-order valence-electron chi connectivity index (χ4n) is 3.92. The first-order valence-electron chi connectivity index (χ1n) is 10.8. The van der Waals surface area contributed by atoms with Crippen molar-refractivity contribution in [2.24, 2.45) is 0 Å². The van der Waals surface area contributed by atoms with Crippen LogP contribution in [-0.4, -0.2) is 58.5 Å². The van der Waals surface area contributed by atoms with Crippen molar-refractivity contribution in [1.29, 1.82) is 0 Å². The Labute approximate surface area is 181 Å². The number of aromatic nitrogens is 2. The first-order chi connectivity index (χ1) is 15.0. The molecule has 0 bridgehead atoms. The van der Waals surface area contributed by atoms with E-state index in [1.165, 1.54) is 12.1 Å². The SMILES string of the molecule is CCNC(=O)N1CCN(c2nc(C3CC3)nc(C)c2Cc2ccc([N+](=O)[O-])cc2)CC1. The Morgan fingerprint density at radius 2 is 1.84 bits per heavy atom. The molecule has 9 nitrogen and oxygen atoms in total. The normalized spacial score (nSPS) is 16.3. The molecule has 0 spiro atoms. The predicted molar refractivity (Wildman–Crippen MR) is 118 cm³/mol. The highest BCUT2D eigenvalue weighted by atomic mass is 16.6. The van der Waals surface area contributed by atoms with Gasteiger partial charge in [-0.05, 0) is 32.3 Å². The molecular formula is C22H28N6O3. The molecule has 0 radical (unpaired) electrons. The van der Waals surface area contributed by atoms with Crippen LogP contribution in [0.1, 0.15) is 48.3 Å². The number of benzene rings is 1. The lowest BCUT2D eigenvalue weighted by atomic mass is 10.0. The second kappa shape index (κ2) is 8.87. The van der Waals surface area contributed by atoms with Crippen LogP contribution in [0.5, 0.6) is 0 Å². The lowest BCUT2D eigenvalue weighted by molar-refractivity contribution is -0.384. The minimum Gasteiger partial charge on any atom is -0.353 e. The number of anilines is 1. The summed E-state index contributed by atoms with van der Waals surface area (Å²) in [6.07, 6.45) is 2.87. The van der Waals surface area contributed by atoms with E-state index in [1.54, 1.807) is 12.1 Å². The molecule has 31 heavy (non-hydrogen) atoms. The third kappa shape index (κ3) is 4.76. The second-order valence-electron chi connectivity index (χ2n) is 8.15. The summed E-state index contributed by atoms with van der Waals surface area (Å²) < 4.78 is 0. The van der Waals surface area contributed by atoms with E-state index in [9.17, 15) is 14.9 Å². The number of nitrogens with zero attached hydrogens (tertiary/aromatic N) is 5. The van der Waals surface area contributed by atoms with Gasteiger partial charge in [-0.2, -0.15) is 0 Å². The number of nitro benzene ring substituents is 1. The van der Waals surface area contributed by atoms with Crippen molar-refractivity contribution in [2.45, 2.75) is 39.0 Å². The maximum atomic E-state index is 12.2. The standard InChI is InChI=1S/C22H28N6O3/c1-3-23-22(29)27-12-10-26(11-13-27)21-19(15(2)24-20(25-21)17-6-7-17)14-16-4-8-18(9-5-16)28(30)31/h4-5,8-9,17H,3,6-7,10-14H2,1-2H3,(H,23,29). The van der Waals surface area contributed by atoms with Gasteiger partial charge in [0.2, 0.25) is 0 Å². The molecule has 2 aliphatic rings. The fraction of sp³-hybridized carbons (Fsp3) is 0.500. The molecule has 2 aromatic rings. The Kier molecular flexibility index (Phi) is 6.01. The van der Waals surface area contributed by atoms with Gasteiger partial charge in [0, 0.05) is 68.5 Å². The maximum absolute atomic E-state index is 12.2. The monoisotopic (exact) mass is 424 g/mol. The summed E-state index contributed by atoms with van der Waals surface area (Å²) in [5.74, 6) is 2.29. The zero-order valence-electron chi connectivity index (χ0n) is 18.0. The number of urea groups is 1. The number of hydrogen-bond acceptors (Lipinski definition) is 6. The van der Waals surface area contributed by atoms with Crippen LogP contribution in [0.2, 0.25) is 0 Å². The molecular weight excluding hydrogens is 396 g/mol. The average Bonchev–Trinajstić information content (AvgIpc) is 3.61. The lowest BCUT2D eigenvalue weighted by Crippen LogP contribution is -2.52. The van der Waals surface area contributed by atoms with Gasteiger partial charge in [-0.25, -0.2) is 14.8 Å². The molecule has 0 unspecified atom stereocenters. The van der Waals surface area contributed by atoms with E-state index in [0.717, 1.165) is 41.3 Å². The summed E-state index contributed by atoms with van der Waals surface area (Å²) in [6, 6.07) is 6.64. The van der Waals surface area contributed by atoms with Gasteiger partial charge in [0.1, 0.15) is 11.6 Å². The number of nitrogens with one attached hydrogen (secondary N) is 1. The molecule has 0 atom stereocenters. The van der Waals surface area contributed by atoms with Crippen LogP contribution >= 0.6 is 0 Å². The van der Waals surface area contributed by atoms with Gasteiger partial charge in [-0.15, -0.1) is 0 Å². The number of amides is 2. The first-order valence-corrected chi connectivity index (χ1v) is 10.8. The van der Waals surface area contributed by atoms with E-state index < -0.39 is 0 Å². The fourth-order valence-corrected chi connectivity index (χ4v) is 3.92. The largest absolute Gasteiger partial charge is 0.353 e. The highest BCUT2D eigenvalue weighted by Crippen LogP contribution is 2.39. The van der Waals surface area contributed by atoms with Gasteiger partial charge in [0.05, 0.1) is 4.92 Å². The predicted octanol–water partition coefficient (Wildman–Crippen LogP) is 3.01. The van der Waals surface area contributed by atoms with E-state index >= 15 is 0 Å². The van der Waals surface area contributed by atoms with Crippen LogP contribution in [0.25, 0.3) is 0 Å². The lowest BCUT2D eigenvalue weighted by Gasteiger charge is -2.36. The van der Waals surface area contributed by atoms with Crippen molar-refractivity contribution in [2.75, 3.05) is 37.6 Å². The van der Waals surface area contributed by atoms with Crippen molar-refractivity contribution in [3.63, 3.8) is 0 Å². The van der Waals surface area contributed by atoms with Crippen LogP contribution in [0.4, 0.5) is 16.3 Å². The number of rotatable bonds is 6.